The molecule has 3 aromatic rings. The molecule has 0 fully saturated rings. The standard InChI is InChI=1S/C13H9NOS/c14-13-12-10(7-16-13)5-8-3-1-2-4-9(8)6-11(12)15/h1-7H,14H2. The van der Waals surface area contributed by atoms with Crippen molar-refractivity contribution in [2.45, 2.75) is 0 Å². The van der Waals surface area contributed by atoms with Crippen LogP contribution in [0.15, 0.2) is 46.6 Å². The molecule has 3 heteroatoms. The molecule has 0 saturated carbocycles. The number of thiophene rings is 1. The van der Waals surface area contributed by atoms with Gasteiger partial charge < -0.3 is 5.73 Å². The Morgan fingerprint density at radius 1 is 1.00 bits per heavy atom. The Morgan fingerprint density at radius 2 is 1.69 bits per heavy atom. The van der Waals surface area contributed by atoms with Crippen molar-refractivity contribution in [2.24, 2.45) is 0 Å². The second kappa shape index (κ2) is 3.32. The summed E-state index contributed by atoms with van der Waals surface area (Å²) < 4.78 is 0. The molecular weight excluding hydrogens is 218 g/mol. The van der Waals surface area contributed by atoms with Gasteiger partial charge in [0.2, 0.25) is 0 Å². The van der Waals surface area contributed by atoms with Gasteiger partial charge in [0.05, 0.1) is 10.4 Å². The highest BCUT2D eigenvalue weighted by molar-refractivity contribution is 7.15. The number of nitrogen functional groups attached to an aromatic ring is 1. The van der Waals surface area contributed by atoms with E-state index in [4.69, 9.17) is 5.73 Å². The van der Waals surface area contributed by atoms with Crippen LogP contribution < -0.4 is 11.2 Å². The summed E-state index contributed by atoms with van der Waals surface area (Å²) >= 11 is 1.41. The van der Waals surface area contributed by atoms with Gasteiger partial charge in [-0.3, -0.25) is 4.79 Å². The summed E-state index contributed by atoms with van der Waals surface area (Å²) in [5.41, 5.74) is 5.81. The Bertz CT molecular complexity index is 746. The highest BCUT2D eigenvalue weighted by Gasteiger charge is 2.04. The largest absolute Gasteiger partial charge is 0.390 e. The molecule has 0 bridgehead atoms. The van der Waals surface area contributed by atoms with Crippen LogP contribution in [0.1, 0.15) is 0 Å². The Labute approximate surface area is 95.9 Å². The van der Waals surface area contributed by atoms with Gasteiger partial charge in [0.1, 0.15) is 0 Å². The lowest BCUT2D eigenvalue weighted by Gasteiger charge is -1.88. The van der Waals surface area contributed by atoms with Crippen LogP contribution >= 0.6 is 11.3 Å². The minimum atomic E-state index is -0.00468. The van der Waals surface area contributed by atoms with Crippen molar-refractivity contribution in [1.29, 1.82) is 0 Å². The maximum Gasteiger partial charge on any atom is 0.190 e. The van der Waals surface area contributed by atoms with E-state index in [2.05, 4.69) is 0 Å². The van der Waals surface area contributed by atoms with E-state index in [1.165, 1.54) is 11.3 Å². The number of nitrogens with two attached hydrogens (primary N) is 1. The van der Waals surface area contributed by atoms with Crippen LogP contribution in [0.4, 0.5) is 5.00 Å². The van der Waals surface area contributed by atoms with Crippen molar-refractivity contribution in [3.63, 3.8) is 0 Å². The van der Waals surface area contributed by atoms with E-state index < -0.39 is 0 Å². The summed E-state index contributed by atoms with van der Waals surface area (Å²) in [7, 11) is 0. The second-order valence-electron chi connectivity index (χ2n) is 3.71. The van der Waals surface area contributed by atoms with Crippen LogP contribution in [0.2, 0.25) is 0 Å². The summed E-state index contributed by atoms with van der Waals surface area (Å²) in [5.74, 6) is 0. The fraction of sp³-hybridized carbons (Fsp3) is 0. The first-order chi connectivity index (χ1) is 7.75. The van der Waals surface area contributed by atoms with E-state index >= 15 is 0 Å². The molecule has 3 rings (SSSR count). The van der Waals surface area contributed by atoms with Crippen molar-refractivity contribution in [3.05, 3.63) is 52.0 Å². The fourth-order valence-corrected chi connectivity index (χ4v) is 2.69. The van der Waals surface area contributed by atoms with Gasteiger partial charge in [0.15, 0.2) is 5.43 Å². The minimum Gasteiger partial charge on any atom is -0.390 e. The van der Waals surface area contributed by atoms with E-state index in [9.17, 15) is 4.79 Å². The van der Waals surface area contributed by atoms with Crippen molar-refractivity contribution >= 4 is 37.9 Å². The van der Waals surface area contributed by atoms with Crippen molar-refractivity contribution < 1.29 is 0 Å². The van der Waals surface area contributed by atoms with Crippen molar-refractivity contribution in [2.75, 3.05) is 5.73 Å². The van der Waals surface area contributed by atoms with E-state index in [0.29, 0.717) is 10.4 Å². The molecule has 0 saturated heterocycles. The van der Waals surface area contributed by atoms with Gasteiger partial charge in [0.25, 0.3) is 0 Å². The van der Waals surface area contributed by atoms with Gasteiger partial charge in [-0.1, -0.05) is 24.3 Å². The molecule has 2 N–H and O–H groups in total. The van der Waals surface area contributed by atoms with Crippen LogP contribution in [0, 0.1) is 0 Å². The summed E-state index contributed by atoms with van der Waals surface area (Å²) in [6, 6.07) is 11.5. The van der Waals surface area contributed by atoms with Gasteiger partial charge in [0, 0.05) is 5.38 Å². The summed E-state index contributed by atoms with van der Waals surface area (Å²) in [6.45, 7) is 0. The third-order valence-corrected chi connectivity index (χ3v) is 3.52. The van der Waals surface area contributed by atoms with Crippen molar-refractivity contribution in [3.8, 4) is 0 Å². The highest BCUT2D eigenvalue weighted by atomic mass is 32.1. The van der Waals surface area contributed by atoms with Crippen LogP contribution in [0.5, 0.6) is 0 Å². The van der Waals surface area contributed by atoms with Crippen molar-refractivity contribution in [1.82, 2.24) is 0 Å². The molecule has 0 atom stereocenters. The predicted octanol–water partition coefficient (Wildman–Crippen LogP) is 3.00. The quantitative estimate of drug-likeness (QED) is 0.641. The van der Waals surface area contributed by atoms with Crippen LogP contribution in [0.25, 0.3) is 21.5 Å². The molecule has 0 aliphatic heterocycles. The molecular formula is C13H9NOS. The molecule has 1 heterocycles. The molecule has 0 unspecified atom stereocenters. The molecule has 0 radical (unpaired) electrons. The number of hydrogen-bond acceptors (Lipinski definition) is 3. The lowest BCUT2D eigenvalue weighted by atomic mass is 10.2. The SMILES string of the molecule is Nc1scc2cc3ccccc3cc(=O)c12. The van der Waals surface area contributed by atoms with E-state index in [-0.39, 0.29) is 5.43 Å². The first-order valence-corrected chi connectivity index (χ1v) is 5.83. The topological polar surface area (TPSA) is 43.1 Å². The van der Waals surface area contributed by atoms with Gasteiger partial charge in [-0.15, -0.1) is 11.3 Å². The average Bonchev–Trinajstić information content (AvgIpc) is 2.56. The Hall–Kier alpha value is -1.87. The summed E-state index contributed by atoms with van der Waals surface area (Å²) in [6.07, 6.45) is 0. The first kappa shape index (κ1) is 9.36. The smallest absolute Gasteiger partial charge is 0.190 e. The zero-order chi connectivity index (χ0) is 11.1. The molecule has 16 heavy (non-hydrogen) atoms. The van der Waals surface area contributed by atoms with Crippen LogP contribution in [-0.2, 0) is 0 Å². The fourth-order valence-electron chi connectivity index (χ4n) is 1.91. The molecule has 0 spiro atoms. The van der Waals surface area contributed by atoms with E-state index in [0.717, 1.165) is 16.2 Å². The third kappa shape index (κ3) is 1.29. The number of rotatable bonds is 0. The van der Waals surface area contributed by atoms with E-state index in [1.807, 2.05) is 35.7 Å². The maximum absolute atomic E-state index is 12.0. The van der Waals surface area contributed by atoms with Crippen LogP contribution in [-0.4, -0.2) is 0 Å². The number of benzene rings is 1. The Morgan fingerprint density at radius 3 is 2.44 bits per heavy atom. The third-order valence-electron chi connectivity index (χ3n) is 2.69. The molecule has 1 aromatic heterocycles. The summed E-state index contributed by atoms with van der Waals surface area (Å²) in [4.78, 5) is 12.0. The monoisotopic (exact) mass is 227 g/mol. The molecule has 2 aromatic carbocycles. The number of hydrogen-bond donors (Lipinski definition) is 1. The molecule has 2 nitrogen and oxygen atoms in total. The first-order valence-electron chi connectivity index (χ1n) is 4.95. The van der Waals surface area contributed by atoms with Crippen LogP contribution in [0.3, 0.4) is 0 Å². The van der Waals surface area contributed by atoms with E-state index in [1.54, 1.807) is 6.07 Å². The second-order valence-corrected chi connectivity index (χ2v) is 4.62. The number of anilines is 1. The lowest BCUT2D eigenvalue weighted by molar-refractivity contribution is 1.76. The maximum atomic E-state index is 12.0. The Balaban J connectivity index is 2.66. The molecule has 0 aliphatic rings. The van der Waals surface area contributed by atoms with Gasteiger partial charge in [-0.05, 0) is 28.3 Å². The summed E-state index contributed by atoms with van der Waals surface area (Å²) in [5, 5.41) is 6.11. The zero-order valence-electron chi connectivity index (χ0n) is 8.44. The molecule has 0 aliphatic carbocycles. The normalized spacial score (nSPS) is 11.0. The predicted molar refractivity (Wildman–Crippen MR) is 70.0 cm³/mol. The Kier molecular flexibility index (Phi) is 1.94. The molecule has 78 valence electrons. The van der Waals surface area contributed by atoms with Gasteiger partial charge in [-0.2, -0.15) is 0 Å². The van der Waals surface area contributed by atoms with Gasteiger partial charge in [-0.25, -0.2) is 0 Å². The minimum absolute atomic E-state index is 0.00468. The van der Waals surface area contributed by atoms with Gasteiger partial charge >= 0.3 is 0 Å². The number of fused-ring (bicyclic) bond motifs is 2. The zero-order valence-corrected chi connectivity index (χ0v) is 9.25. The lowest BCUT2D eigenvalue weighted by Crippen LogP contribution is -1.96. The highest BCUT2D eigenvalue weighted by Crippen LogP contribution is 2.26. The molecule has 0 amide bonds. The average molecular weight is 227 g/mol.